The molecule has 2 aromatic heterocycles. The molecule has 0 saturated carbocycles. The molecule has 0 fully saturated rings. The van der Waals surface area contributed by atoms with Crippen LogP contribution in [0, 0.1) is 5.92 Å². The molecule has 1 atom stereocenters. The maximum atomic E-state index is 13.2. The number of carbonyl (C=O) groups is 1. The highest BCUT2D eigenvalue weighted by Crippen LogP contribution is 2.30. The van der Waals surface area contributed by atoms with Crippen LogP contribution >= 0.6 is 0 Å². The van der Waals surface area contributed by atoms with Gasteiger partial charge < -0.3 is 18.7 Å². The Balaban J connectivity index is 1.28. The summed E-state index contributed by atoms with van der Waals surface area (Å²) in [5, 5.41) is 3.98. The Morgan fingerprint density at radius 3 is 2.78 bits per heavy atom. The fourth-order valence-corrected chi connectivity index (χ4v) is 4.31. The molecule has 3 heterocycles. The largest absolute Gasteiger partial charge is 0.433 e. The van der Waals surface area contributed by atoms with Gasteiger partial charge in [0.25, 0.3) is 11.7 Å². The predicted octanol–water partition coefficient (Wildman–Crippen LogP) is 3.58. The van der Waals surface area contributed by atoms with Crippen LogP contribution in [0.2, 0.25) is 0 Å². The van der Waals surface area contributed by atoms with Crippen molar-refractivity contribution in [3.63, 3.8) is 0 Å². The quantitative estimate of drug-likeness (QED) is 0.461. The highest BCUT2D eigenvalue weighted by Gasteiger charge is 2.28. The highest BCUT2D eigenvalue weighted by atomic mass is 16.5. The smallest absolute Gasteiger partial charge is 0.269 e. The number of aryl methyl sites for hydroxylation is 1. The molecule has 0 saturated heterocycles. The van der Waals surface area contributed by atoms with E-state index in [1.54, 1.807) is 0 Å². The SMILES string of the molecule is CN(C)CC1Cc2ccccc2N(C(=O)CCc2nc(-c3nc4ccccc4o3)no2)C1. The lowest BCUT2D eigenvalue weighted by Gasteiger charge is -2.35. The van der Waals surface area contributed by atoms with Crippen molar-refractivity contribution in [3.8, 4) is 11.7 Å². The van der Waals surface area contributed by atoms with Gasteiger partial charge in [0.2, 0.25) is 11.8 Å². The molecule has 0 aliphatic carbocycles. The summed E-state index contributed by atoms with van der Waals surface area (Å²) in [6.45, 7) is 1.65. The molecule has 5 rings (SSSR count). The van der Waals surface area contributed by atoms with Crippen LogP contribution in [0.25, 0.3) is 22.8 Å². The average molecular weight is 431 g/mol. The minimum atomic E-state index is 0.0579. The standard InChI is InChI=1S/C24H25N5O3/c1-28(2)14-16-13-17-7-3-5-9-19(17)29(15-16)22(30)12-11-21-26-23(27-32-21)24-25-18-8-4-6-10-20(18)31-24/h3-10,16H,11-15H2,1-2H3. The number of nitrogens with zero attached hydrogens (tertiary/aromatic N) is 5. The van der Waals surface area contributed by atoms with Gasteiger partial charge in [-0.1, -0.05) is 35.5 Å². The van der Waals surface area contributed by atoms with Crippen molar-refractivity contribution >= 4 is 22.7 Å². The zero-order valence-electron chi connectivity index (χ0n) is 18.2. The van der Waals surface area contributed by atoms with Crippen LogP contribution in [0.3, 0.4) is 0 Å². The molecule has 0 N–H and O–H groups in total. The minimum absolute atomic E-state index is 0.0579. The number of para-hydroxylation sites is 3. The Hall–Kier alpha value is -3.52. The number of anilines is 1. The van der Waals surface area contributed by atoms with Crippen LogP contribution < -0.4 is 4.90 Å². The second kappa shape index (κ2) is 8.55. The summed E-state index contributed by atoms with van der Waals surface area (Å²) in [5.41, 5.74) is 3.63. The molecule has 164 valence electrons. The first-order valence-electron chi connectivity index (χ1n) is 10.8. The fraction of sp³-hybridized carbons (Fsp3) is 0.333. The predicted molar refractivity (Wildman–Crippen MR) is 120 cm³/mol. The van der Waals surface area contributed by atoms with Crippen molar-refractivity contribution in [3.05, 3.63) is 60.0 Å². The number of hydrogen-bond donors (Lipinski definition) is 0. The van der Waals surface area contributed by atoms with Crippen molar-refractivity contribution in [1.82, 2.24) is 20.0 Å². The number of rotatable bonds is 6. The summed E-state index contributed by atoms with van der Waals surface area (Å²) in [7, 11) is 4.13. The van der Waals surface area contributed by atoms with Crippen molar-refractivity contribution in [2.24, 2.45) is 5.92 Å². The zero-order valence-corrected chi connectivity index (χ0v) is 18.2. The van der Waals surface area contributed by atoms with Crippen LogP contribution in [-0.2, 0) is 17.6 Å². The molecule has 8 heteroatoms. The summed E-state index contributed by atoms with van der Waals surface area (Å²) >= 11 is 0. The summed E-state index contributed by atoms with van der Waals surface area (Å²) in [6, 6.07) is 15.6. The molecule has 1 aliphatic rings. The third kappa shape index (κ3) is 4.13. The van der Waals surface area contributed by atoms with Gasteiger partial charge in [0.15, 0.2) is 5.58 Å². The van der Waals surface area contributed by atoms with Crippen LogP contribution in [0.15, 0.2) is 57.5 Å². The third-order valence-electron chi connectivity index (χ3n) is 5.66. The summed E-state index contributed by atoms with van der Waals surface area (Å²) in [4.78, 5) is 26.0. The number of oxazole rings is 1. The Morgan fingerprint density at radius 2 is 1.94 bits per heavy atom. The van der Waals surface area contributed by atoms with Crippen LogP contribution in [0.1, 0.15) is 17.9 Å². The highest BCUT2D eigenvalue weighted by molar-refractivity contribution is 5.94. The van der Waals surface area contributed by atoms with Gasteiger partial charge in [-0.15, -0.1) is 0 Å². The van der Waals surface area contributed by atoms with E-state index in [0.29, 0.717) is 36.2 Å². The Kier molecular flexibility index (Phi) is 5.45. The number of fused-ring (bicyclic) bond motifs is 2. The van der Waals surface area contributed by atoms with Gasteiger partial charge >= 0.3 is 0 Å². The maximum absolute atomic E-state index is 13.2. The van der Waals surface area contributed by atoms with E-state index in [2.05, 4.69) is 40.2 Å². The summed E-state index contributed by atoms with van der Waals surface area (Å²) in [5.74, 6) is 1.45. The topological polar surface area (TPSA) is 88.5 Å². The van der Waals surface area contributed by atoms with E-state index >= 15 is 0 Å². The lowest BCUT2D eigenvalue weighted by atomic mass is 9.91. The van der Waals surface area contributed by atoms with Crippen molar-refractivity contribution < 1.29 is 13.7 Å². The Labute approximate surface area is 185 Å². The Morgan fingerprint density at radius 1 is 1.12 bits per heavy atom. The molecule has 0 bridgehead atoms. The molecule has 1 aliphatic heterocycles. The van der Waals surface area contributed by atoms with Crippen LogP contribution in [0.5, 0.6) is 0 Å². The van der Waals surface area contributed by atoms with Gasteiger partial charge in [-0.05, 0) is 50.2 Å². The van der Waals surface area contributed by atoms with Crippen LogP contribution in [-0.4, -0.2) is 53.1 Å². The van der Waals surface area contributed by atoms with Gasteiger partial charge in [-0.25, -0.2) is 4.98 Å². The molecule has 8 nitrogen and oxygen atoms in total. The number of hydrogen-bond acceptors (Lipinski definition) is 7. The minimum Gasteiger partial charge on any atom is -0.433 e. The summed E-state index contributed by atoms with van der Waals surface area (Å²) in [6.07, 6.45) is 1.64. The number of amides is 1. The van der Waals surface area contributed by atoms with Gasteiger partial charge in [0, 0.05) is 31.6 Å². The van der Waals surface area contributed by atoms with E-state index < -0.39 is 0 Å². The molecular formula is C24H25N5O3. The third-order valence-corrected chi connectivity index (χ3v) is 5.66. The van der Waals surface area contributed by atoms with Crippen molar-refractivity contribution in [2.75, 3.05) is 32.1 Å². The van der Waals surface area contributed by atoms with E-state index in [9.17, 15) is 4.79 Å². The van der Waals surface area contributed by atoms with Gasteiger partial charge in [-0.2, -0.15) is 4.98 Å². The second-order valence-electron chi connectivity index (χ2n) is 8.46. The first kappa shape index (κ1) is 20.4. The molecule has 1 unspecified atom stereocenters. The number of benzene rings is 2. The maximum Gasteiger partial charge on any atom is 0.269 e. The van der Waals surface area contributed by atoms with E-state index in [1.807, 2.05) is 47.4 Å². The molecule has 1 amide bonds. The van der Waals surface area contributed by atoms with E-state index in [1.165, 1.54) is 5.56 Å². The molecule has 0 spiro atoms. The lowest BCUT2D eigenvalue weighted by Crippen LogP contribution is -2.43. The van der Waals surface area contributed by atoms with Crippen molar-refractivity contribution in [1.29, 1.82) is 0 Å². The fourth-order valence-electron chi connectivity index (χ4n) is 4.31. The van der Waals surface area contributed by atoms with Gasteiger partial charge in [0.1, 0.15) is 5.52 Å². The van der Waals surface area contributed by atoms with E-state index in [4.69, 9.17) is 8.94 Å². The first-order valence-corrected chi connectivity index (χ1v) is 10.8. The monoisotopic (exact) mass is 431 g/mol. The first-order chi connectivity index (χ1) is 15.6. The van der Waals surface area contributed by atoms with E-state index in [0.717, 1.165) is 24.2 Å². The molecule has 2 aromatic carbocycles. The lowest BCUT2D eigenvalue weighted by molar-refractivity contribution is -0.118. The second-order valence-corrected chi connectivity index (χ2v) is 8.46. The summed E-state index contributed by atoms with van der Waals surface area (Å²) < 4.78 is 11.1. The average Bonchev–Trinajstić information content (AvgIpc) is 3.43. The molecule has 32 heavy (non-hydrogen) atoms. The van der Waals surface area contributed by atoms with E-state index in [-0.39, 0.29) is 18.2 Å². The molecular weight excluding hydrogens is 406 g/mol. The Bertz CT molecular complexity index is 1210. The van der Waals surface area contributed by atoms with Gasteiger partial charge in [-0.3, -0.25) is 4.79 Å². The zero-order chi connectivity index (χ0) is 22.1. The molecule has 0 radical (unpaired) electrons. The van der Waals surface area contributed by atoms with Crippen LogP contribution in [0.4, 0.5) is 5.69 Å². The number of carbonyl (C=O) groups excluding carboxylic acids is 1. The normalized spacial score (nSPS) is 16.0. The molecule has 4 aromatic rings. The van der Waals surface area contributed by atoms with Crippen molar-refractivity contribution in [2.45, 2.75) is 19.3 Å². The van der Waals surface area contributed by atoms with Gasteiger partial charge in [0.05, 0.1) is 0 Å². The number of aromatic nitrogens is 3.